The molecule has 0 radical (unpaired) electrons. The van der Waals surface area contributed by atoms with Gasteiger partial charge in [0.1, 0.15) is 6.04 Å². The van der Waals surface area contributed by atoms with Gasteiger partial charge in [-0.25, -0.2) is 0 Å². The summed E-state index contributed by atoms with van der Waals surface area (Å²) in [6.45, 7) is 8.13. The van der Waals surface area contributed by atoms with Crippen molar-refractivity contribution in [3.63, 3.8) is 0 Å². The van der Waals surface area contributed by atoms with E-state index in [2.05, 4.69) is 20.6 Å². The number of hydrogen-bond acceptors (Lipinski definition) is 7. The summed E-state index contributed by atoms with van der Waals surface area (Å²) in [6, 6.07) is 4.90. The smallest absolute Gasteiger partial charge is 0.312 e. The van der Waals surface area contributed by atoms with Gasteiger partial charge in [-0.2, -0.15) is 5.10 Å². The van der Waals surface area contributed by atoms with Crippen molar-refractivity contribution in [3.8, 4) is 0 Å². The number of benzene rings is 1. The number of fused-ring (bicyclic) bond motifs is 1. The van der Waals surface area contributed by atoms with Crippen molar-refractivity contribution in [1.29, 1.82) is 0 Å². The lowest BCUT2D eigenvalue weighted by Crippen LogP contribution is -2.37. The van der Waals surface area contributed by atoms with Crippen LogP contribution in [0.4, 0.5) is 6.01 Å². The van der Waals surface area contributed by atoms with Gasteiger partial charge in [0.05, 0.1) is 5.52 Å². The molecule has 1 unspecified atom stereocenters. The maximum atomic E-state index is 13.3. The van der Waals surface area contributed by atoms with Gasteiger partial charge < -0.3 is 20.2 Å². The lowest BCUT2D eigenvalue weighted by Gasteiger charge is -2.28. The average Bonchev–Trinajstić information content (AvgIpc) is 3.29. The molecule has 1 saturated heterocycles. The van der Waals surface area contributed by atoms with Gasteiger partial charge in [-0.15, -0.1) is 5.10 Å². The van der Waals surface area contributed by atoms with Crippen LogP contribution >= 0.6 is 11.6 Å². The predicted octanol–water partition coefficient (Wildman–Crippen LogP) is 3.60. The van der Waals surface area contributed by atoms with Crippen LogP contribution in [0, 0.1) is 11.3 Å². The van der Waals surface area contributed by atoms with Gasteiger partial charge in [-0.3, -0.25) is 9.48 Å². The predicted molar refractivity (Wildman–Crippen MR) is 117 cm³/mol. The Bertz CT molecular complexity index is 1080. The third-order valence-corrected chi connectivity index (χ3v) is 5.78. The first-order chi connectivity index (χ1) is 14.7. The van der Waals surface area contributed by atoms with E-state index in [-0.39, 0.29) is 17.8 Å². The van der Waals surface area contributed by atoms with E-state index in [1.54, 1.807) is 6.07 Å². The van der Waals surface area contributed by atoms with Crippen LogP contribution in [0.1, 0.15) is 56.0 Å². The first kappa shape index (κ1) is 21.6. The van der Waals surface area contributed by atoms with Crippen LogP contribution in [0.15, 0.2) is 22.6 Å². The largest absolute Gasteiger partial charge is 0.406 e. The zero-order chi connectivity index (χ0) is 22.2. The lowest BCUT2D eigenvalue weighted by atomic mass is 9.86. The summed E-state index contributed by atoms with van der Waals surface area (Å²) < 4.78 is 12.8. The van der Waals surface area contributed by atoms with Crippen molar-refractivity contribution >= 4 is 34.4 Å². The van der Waals surface area contributed by atoms with Crippen molar-refractivity contribution < 1.29 is 13.9 Å². The number of hydrogen-bond donors (Lipinski definition) is 2. The standard InChI is InChI=1S/C21H27ClN6O3/c1-21(2,3)17(19-25-26-20(23)31-19)24-18(29)16-14-10-13(22)4-5-15(14)28(27-16)11-12-6-8-30-9-7-12/h4-5,10,12,17H,6-9,11H2,1-3H3,(H2,23,26)(H,24,29). The number of carbonyl (C=O) groups is 1. The van der Waals surface area contributed by atoms with Gasteiger partial charge in [0.25, 0.3) is 5.91 Å². The Morgan fingerprint density at radius 3 is 2.71 bits per heavy atom. The highest BCUT2D eigenvalue weighted by Gasteiger charge is 2.34. The molecular weight excluding hydrogens is 420 g/mol. The molecule has 1 amide bonds. The fraction of sp³-hybridized carbons (Fsp3) is 0.524. The summed E-state index contributed by atoms with van der Waals surface area (Å²) in [4.78, 5) is 13.3. The summed E-state index contributed by atoms with van der Waals surface area (Å²) >= 11 is 6.24. The number of nitrogens with one attached hydrogen (secondary N) is 1. The minimum absolute atomic E-state index is 0.0449. The van der Waals surface area contributed by atoms with Crippen molar-refractivity contribution in [2.24, 2.45) is 11.3 Å². The molecule has 3 heterocycles. The molecule has 9 nitrogen and oxygen atoms in total. The van der Waals surface area contributed by atoms with Crippen LogP contribution in [0.5, 0.6) is 0 Å². The molecule has 1 fully saturated rings. The first-order valence-electron chi connectivity index (χ1n) is 10.4. The normalized spacial score (nSPS) is 16.5. The van der Waals surface area contributed by atoms with E-state index in [0.29, 0.717) is 22.0 Å². The van der Waals surface area contributed by atoms with Crippen molar-refractivity contribution in [1.82, 2.24) is 25.3 Å². The number of halogens is 1. The van der Waals surface area contributed by atoms with E-state index in [4.69, 9.17) is 26.5 Å². The van der Waals surface area contributed by atoms with Crippen molar-refractivity contribution in [2.45, 2.75) is 46.2 Å². The van der Waals surface area contributed by atoms with Gasteiger partial charge in [-0.1, -0.05) is 37.5 Å². The molecule has 166 valence electrons. The fourth-order valence-electron chi connectivity index (χ4n) is 3.84. The summed E-state index contributed by atoms with van der Waals surface area (Å²) in [5, 5.41) is 16.6. The Kier molecular flexibility index (Phi) is 5.90. The molecule has 2 aromatic heterocycles. The molecule has 0 spiro atoms. The topological polar surface area (TPSA) is 121 Å². The summed E-state index contributed by atoms with van der Waals surface area (Å²) in [5.41, 5.74) is 6.38. The quantitative estimate of drug-likeness (QED) is 0.614. The van der Waals surface area contributed by atoms with Crippen LogP contribution in [-0.4, -0.2) is 39.1 Å². The number of aromatic nitrogens is 4. The second-order valence-corrected chi connectivity index (χ2v) is 9.44. The van der Waals surface area contributed by atoms with E-state index < -0.39 is 11.5 Å². The second kappa shape index (κ2) is 8.47. The molecule has 1 aromatic carbocycles. The minimum Gasteiger partial charge on any atom is -0.406 e. The molecule has 1 atom stereocenters. The highest BCUT2D eigenvalue weighted by Crippen LogP contribution is 2.33. The van der Waals surface area contributed by atoms with E-state index in [1.165, 1.54) is 0 Å². The van der Waals surface area contributed by atoms with Gasteiger partial charge in [-0.05, 0) is 42.4 Å². The minimum atomic E-state index is -0.542. The summed E-state index contributed by atoms with van der Waals surface area (Å²) in [7, 11) is 0. The number of carbonyl (C=O) groups excluding carboxylic acids is 1. The number of ether oxygens (including phenoxy) is 1. The van der Waals surface area contributed by atoms with Crippen LogP contribution in [0.25, 0.3) is 10.9 Å². The third-order valence-electron chi connectivity index (χ3n) is 5.54. The number of nitrogen functional groups attached to an aromatic ring is 1. The van der Waals surface area contributed by atoms with Gasteiger partial charge >= 0.3 is 6.01 Å². The number of nitrogens with two attached hydrogens (primary N) is 1. The number of amides is 1. The van der Waals surface area contributed by atoms with Crippen LogP contribution in [0.3, 0.4) is 0 Å². The molecule has 4 rings (SSSR count). The molecule has 0 saturated carbocycles. The zero-order valence-corrected chi connectivity index (χ0v) is 18.6. The fourth-order valence-corrected chi connectivity index (χ4v) is 4.02. The monoisotopic (exact) mass is 446 g/mol. The van der Waals surface area contributed by atoms with E-state index in [1.807, 2.05) is 37.6 Å². The Balaban J connectivity index is 1.67. The van der Waals surface area contributed by atoms with Crippen LogP contribution in [0.2, 0.25) is 5.02 Å². The van der Waals surface area contributed by atoms with Crippen molar-refractivity contribution in [3.05, 3.63) is 34.8 Å². The molecule has 3 aromatic rings. The number of anilines is 1. The van der Waals surface area contributed by atoms with Crippen LogP contribution in [-0.2, 0) is 11.3 Å². The molecule has 31 heavy (non-hydrogen) atoms. The highest BCUT2D eigenvalue weighted by molar-refractivity contribution is 6.31. The zero-order valence-electron chi connectivity index (χ0n) is 17.9. The number of rotatable bonds is 5. The van der Waals surface area contributed by atoms with Crippen molar-refractivity contribution in [2.75, 3.05) is 18.9 Å². The highest BCUT2D eigenvalue weighted by atomic mass is 35.5. The lowest BCUT2D eigenvalue weighted by molar-refractivity contribution is 0.0604. The molecule has 1 aliphatic heterocycles. The SMILES string of the molecule is CC(C)(C)C(NC(=O)c1nn(CC2CCOCC2)c2ccc(Cl)cc12)c1nnc(N)o1. The summed E-state index contributed by atoms with van der Waals surface area (Å²) in [5.74, 6) is 0.365. The molecule has 10 heteroatoms. The van der Waals surface area contributed by atoms with Gasteiger partial charge in [0, 0.05) is 30.2 Å². The Hall–Kier alpha value is -2.65. The molecule has 3 N–H and O–H groups in total. The van der Waals surface area contributed by atoms with E-state index in [9.17, 15) is 4.79 Å². The Morgan fingerprint density at radius 1 is 1.32 bits per heavy atom. The molecule has 0 bridgehead atoms. The Labute approximate surface area is 185 Å². The molecule has 0 aliphatic carbocycles. The number of nitrogens with zero attached hydrogens (tertiary/aromatic N) is 4. The van der Waals surface area contributed by atoms with Crippen LogP contribution < -0.4 is 11.1 Å². The first-order valence-corrected chi connectivity index (χ1v) is 10.7. The van der Waals surface area contributed by atoms with Gasteiger partial charge in [0.15, 0.2) is 5.69 Å². The molecular formula is C21H27ClN6O3. The average molecular weight is 447 g/mol. The van der Waals surface area contributed by atoms with E-state index in [0.717, 1.165) is 38.1 Å². The maximum Gasteiger partial charge on any atom is 0.312 e. The maximum absolute atomic E-state index is 13.3. The second-order valence-electron chi connectivity index (χ2n) is 9.00. The van der Waals surface area contributed by atoms with Gasteiger partial charge in [0.2, 0.25) is 5.89 Å². The van der Waals surface area contributed by atoms with E-state index >= 15 is 0 Å². The molecule has 1 aliphatic rings. The Morgan fingerprint density at radius 2 is 2.06 bits per heavy atom. The summed E-state index contributed by atoms with van der Waals surface area (Å²) in [6.07, 6.45) is 1.95. The third kappa shape index (κ3) is 4.67.